The van der Waals surface area contributed by atoms with Crippen LogP contribution in [0.15, 0.2) is 34.4 Å². The summed E-state index contributed by atoms with van der Waals surface area (Å²) in [6.45, 7) is 0. The van der Waals surface area contributed by atoms with Gasteiger partial charge in [-0.2, -0.15) is 5.10 Å². The van der Waals surface area contributed by atoms with Crippen LogP contribution < -0.4 is 10.9 Å². The molecule has 0 radical (unpaired) electrons. The molecule has 0 unspecified atom stereocenters. The number of thiophene rings is 1. The van der Waals surface area contributed by atoms with Crippen molar-refractivity contribution in [3.8, 4) is 0 Å². The fourth-order valence-corrected chi connectivity index (χ4v) is 2.10. The molecule has 0 spiro atoms. The van der Waals surface area contributed by atoms with Gasteiger partial charge in [0.05, 0.1) is 5.56 Å². The summed E-state index contributed by atoms with van der Waals surface area (Å²) in [5, 5.41) is 18.5. The first-order valence-electron chi connectivity index (χ1n) is 5.41. The number of carbonyl (C=O) groups is 2. The maximum Gasteiger partial charge on any atom is 0.328 e. The molecule has 2 rings (SSSR count). The van der Waals surface area contributed by atoms with Gasteiger partial charge in [-0.15, -0.1) is 11.3 Å². The topological polar surface area (TPSA) is 112 Å². The number of anilines is 1. The molecule has 8 heteroatoms. The van der Waals surface area contributed by atoms with E-state index in [0.29, 0.717) is 10.4 Å². The quantitative estimate of drug-likeness (QED) is 0.732. The van der Waals surface area contributed by atoms with E-state index >= 15 is 0 Å². The number of aromatic nitrogens is 2. The molecule has 2 aromatic rings. The van der Waals surface area contributed by atoms with Crippen LogP contribution in [0.5, 0.6) is 0 Å². The summed E-state index contributed by atoms with van der Waals surface area (Å²) in [6.07, 6.45) is 2.40. The molecule has 2 heterocycles. The number of H-pyrrole nitrogens is 1. The van der Waals surface area contributed by atoms with Gasteiger partial charge in [0.25, 0.3) is 11.5 Å². The van der Waals surface area contributed by atoms with Gasteiger partial charge < -0.3 is 10.4 Å². The maximum absolute atomic E-state index is 11.9. The summed E-state index contributed by atoms with van der Waals surface area (Å²) in [6, 6.07) is 4.19. The third-order valence-corrected chi connectivity index (χ3v) is 3.09. The molecule has 0 bridgehead atoms. The number of carbonyl (C=O) groups excluding carboxylic acids is 1. The Kier molecular flexibility index (Phi) is 4.06. The molecule has 0 atom stereocenters. The second-order valence-electron chi connectivity index (χ2n) is 3.67. The van der Waals surface area contributed by atoms with Crippen LogP contribution in [0.3, 0.4) is 0 Å². The normalized spacial score (nSPS) is 10.6. The van der Waals surface area contributed by atoms with Gasteiger partial charge in [-0.1, -0.05) is 0 Å². The first-order chi connectivity index (χ1) is 9.54. The molecule has 0 aliphatic carbocycles. The molecule has 20 heavy (non-hydrogen) atoms. The Bertz CT molecular complexity index is 712. The number of rotatable bonds is 4. The molecule has 0 saturated heterocycles. The van der Waals surface area contributed by atoms with Crippen molar-refractivity contribution < 1.29 is 14.7 Å². The Morgan fingerprint density at radius 2 is 2.20 bits per heavy atom. The SMILES string of the molecule is O=C(O)/C=C/c1cc(C(=O)Nc2ccc(=O)[nH]n2)cs1. The van der Waals surface area contributed by atoms with Crippen LogP contribution in [0, 0.1) is 0 Å². The smallest absolute Gasteiger partial charge is 0.328 e. The van der Waals surface area contributed by atoms with E-state index in [4.69, 9.17) is 5.11 Å². The minimum Gasteiger partial charge on any atom is -0.478 e. The monoisotopic (exact) mass is 291 g/mol. The molecule has 0 fully saturated rings. The lowest BCUT2D eigenvalue weighted by Crippen LogP contribution is -2.15. The third-order valence-electron chi connectivity index (χ3n) is 2.19. The summed E-state index contributed by atoms with van der Waals surface area (Å²) >= 11 is 1.24. The van der Waals surface area contributed by atoms with Gasteiger partial charge in [-0.05, 0) is 18.2 Å². The van der Waals surface area contributed by atoms with Crippen molar-refractivity contribution in [2.75, 3.05) is 5.32 Å². The van der Waals surface area contributed by atoms with Crippen molar-refractivity contribution in [3.63, 3.8) is 0 Å². The van der Waals surface area contributed by atoms with Crippen molar-refractivity contribution in [3.05, 3.63) is 50.4 Å². The molecule has 0 saturated carbocycles. The number of nitrogens with zero attached hydrogens (tertiary/aromatic N) is 1. The fourth-order valence-electron chi connectivity index (χ4n) is 1.32. The number of hydrogen-bond donors (Lipinski definition) is 3. The van der Waals surface area contributed by atoms with E-state index < -0.39 is 11.9 Å². The minimum atomic E-state index is -1.05. The lowest BCUT2D eigenvalue weighted by molar-refractivity contribution is -0.131. The van der Waals surface area contributed by atoms with E-state index in [1.54, 1.807) is 11.4 Å². The predicted octanol–water partition coefficient (Wildman–Crippen LogP) is 1.18. The van der Waals surface area contributed by atoms with Gasteiger partial charge in [0.2, 0.25) is 0 Å². The number of hydrogen-bond acceptors (Lipinski definition) is 5. The van der Waals surface area contributed by atoms with E-state index in [2.05, 4.69) is 15.5 Å². The molecule has 2 aromatic heterocycles. The molecule has 0 aliphatic heterocycles. The van der Waals surface area contributed by atoms with Crippen molar-refractivity contribution in [1.82, 2.24) is 10.2 Å². The van der Waals surface area contributed by atoms with Crippen LogP contribution in [0.1, 0.15) is 15.2 Å². The summed E-state index contributed by atoms with van der Waals surface area (Å²) in [5.41, 5.74) is 0.0210. The highest BCUT2D eigenvalue weighted by atomic mass is 32.1. The third kappa shape index (κ3) is 3.62. The highest BCUT2D eigenvalue weighted by Gasteiger charge is 2.09. The second-order valence-corrected chi connectivity index (χ2v) is 4.61. The van der Waals surface area contributed by atoms with Crippen LogP contribution in [0.4, 0.5) is 5.82 Å². The van der Waals surface area contributed by atoms with Crippen LogP contribution in [0.25, 0.3) is 6.08 Å². The number of aromatic amines is 1. The molecule has 0 aliphatic rings. The van der Waals surface area contributed by atoms with Gasteiger partial charge in [0.1, 0.15) is 0 Å². The maximum atomic E-state index is 11.9. The number of carboxylic acids is 1. The second kappa shape index (κ2) is 5.93. The van der Waals surface area contributed by atoms with Gasteiger partial charge in [0.15, 0.2) is 5.82 Å². The Morgan fingerprint density at radius 1 is 1.40 bits per heavy atom. The van der Waals surface area contributed by atoms with Crippen LogP contribution in [0.2, 0.25) is 0 Å². The summed E-state index contributed by atoms with van der Waals surface area (Å²) < 4.78 is 0. The fraction of sp³-hybridized carbons (Fsp3) is 0. The Hall–Kier alpha value is -2.74. The summed E-state index contributed by atoms with van der Waals surface area (Å²) in [7, 11) is 0. The lowest BCUT2D eigenvalue weighted by atomic mass is 10.3. The average Bonchev–Trinajstić information content (AvgIpc) is 2.88. The van der Waals surface area contributed by atoms with Crippen LogP contribution in [-0.2, 0) is 4.79 Å². The molecular weight excluding hydrogens is 282 g/mol. The van der Waals surface area contributed by atoms with Crippen molar-refractivity contribution in [2.24, 2.45) is 0 Å². The standard InChI is InChI=1S/C12H9N3O4S/c16-10-3-2-9(14-15-10)13-12(19)7-5-8(20-6-7)1-4-11(17)18/h1-6H,(H,15,16)(H,17,18)(H,13,14,19)/b4-1+. The van der Waals surface area contributed by atoms with E-state index in [-0.39, 0.29) is 11.4 Å². The highest BCUT2D eigenvalue weighted by Crippen LogP contribution is 2.17. The van der Waals surface area contributed by atoms with Gasteiger partial charge in [-0.3, -0.25) is 9.59 Å². The van der Waals surface area contributed by atoms with E-state index in [0.717, 1.165) is 6.08 Å². The average molecular weight is 291 g/mol. The lowest BCUT2D eigenvalue weighted by Gasteiger charge is -2.00. The first kappa shape index (κ1) is 13.7. The van der Waals surface area contributed by atoms with Gasteiger partial charge >= 0.3 is 5.97 Å². The zero-order valence-corrected chi connectivity index (χ0v) is 10.8. The van der Waals surface area contributed by atoms with E-state index in [9.17, 15) is 14.4 Å². The van der Waals surface area contributed by atoms with E-state index in [1.807, 2.05) is 0 Å². The van der Waals surface area contributed by atoms with Crippen LogP contribution >= 0.6 is 11.3 Å². The number of aliphatic carboxylic acids is 1. The minimum absolute atomic E-state index is 0.225. The number of amides is 1. The molecule has 3 N–H and O–H groups in total. The number of carboxylic acid groups (broad SMARTS) is 1. The Labute approximate surface area is 116 Å². The summed E-state index contributed by atoms with van der Waals surface area (Å²) in [4.78, 5) is 33.7. The molecule has 1 amide bonds. The van der Waals surface area contributed by atoms with Crippen LogP contribution in [-0.4, -0.2) is 27.2 Å². The first-order valence-corrected chi connectivity index (χ1v) is 6.29. The number of nitrogens with one attached hydrogen (secondary N) is 2. The molecule has 0 aromatic carbocycles. The van der Waals surface area contributed by atoms with Crippen molar-refractivity contribution in [1.29, 1.82) is 0 Å². The molecule has 102 valence electrons. The van der Waals surface area contributed by atoms with E-state index in [1.165, 1.54) is 29.5 Å². The molecular formula is C12H9N3O4S. The largest absolute Gasteiger partial charge is 0.478 e. The summed E-state index contributed by atoms with van der Waals surface area (Å²) in [5.74, 6) is -1.22. The zero-order valence-electron chi connectivity index (χ0n) is 9.99. The highest BCUT2D eigenvalue weighted by molar-refractivity contribution is 7.11. The van der Waals surface area contributed by atoms with Crippen molar-refractivity contribution >= 4 is 35.1 Å². The predicted molar refractivity (Wildman–Crippen MR) is 73.8 cm³/mol. The zero-order chi connectivity index (χ0) is 14.5. The van der Waals surface area contributed by atoms with Crippen molar-refractivity contribution in [2.45, 2.75) is 0 Å². The van der Waals surface area contributed by atoms with Gasteiger partial charge in [-0.25, -0.2) is 9.89 Å². The molecule has 7 nitrogen and oxygen atoms in total. The Balaban J connectivity index is 2.08. The van der Waals surface area contributed by atoms with Gasteiger partial charge in [0, 0.05) is 22.4 Å². The Morgan fingerprint density at radius 3 is 2.85 bits per heavy atom.